The van der Waals surface area contributed by atoms with E-state index in [4.69, 9.17) is 21.4 Å². The van der Waals surface area contributed by atoms with Gasteiger partial charge in [-0.3, -0.25) is 9.80 Å². The number of nitrogens with zero attached hydrogens (tertiary/aromatic N) is 2. The Kier molecular flexibility index (Phi) is 12.8. The van der Waals surface area contributed by atoms with Crippen LogP contribution in [0.25, 0.3) is 0 Å². The number of aliphatic carboxylic acids is 1. The minimum absolute atomic E-state index is 0. The smallest absolute Gasteiger partial charge is 0.329 e. The van der Waals surface area contributed by atoms with Crippen LogP contribution in [-0.4, -0.2) is 66.8 Å². The lowest BCUT2D eigenvalue weighted by molar-refractivity contribution is -0.141. The van der Waals surface area contributed by atoms with Crippen LogP contribution in [0.3, 0.4) is 0 Å². The van der Waals surface area contributed by atoms with Crippen LogP contribution in [0.1, 0.15) is 17.2 Å². The summed E-state index contributed by atoms with van der Waals surface area (Å²) < 4.78 is 5.02. The van der Waals surface area contributed by atoms with Crippen molar-refractivity contribution in [3.8, 4) is 0 Å². The van der Waals surface area contributed by atoms with Crippen molar-refractivity contribution in [1.29, 1.82) is 0 Å². The molecule has 0 aromatic heterocycles. The van der Waals surface area contributed by atoms with E-state index in [0.717, 1.165) is 37.7 Å². The van der Waals surface area contributed by atoms with Gasteiger partial charge >= 0.3 is 5.97 Å². The van der Waals surface area contributed by atoms with E-state index in [1.54, 1.807) is 0 Å². The Balaban J connectivity index is 0.00000240. The Morgan fingerprint density at radius 1 is 0.968 bits per heavy atom. The fourth-order valence-electron chi connectivity index (χ4n) is 3.60. The standard InChI is InChI=1S/C23H27ClN2O3.2ClH/c24-21-10-8-20(9-11-21)23(19-6-2-1-3-7-19)26-15-13-25(14-16-26)12-4-5-17-29-18-22(27)28;;/h1-11,23H,12-18H2,(H,27,28);2*1H/b5-4-;;. The minimum Gasteiger partial charge on any atom is -0.480 e. The quantitative estimate of drug-likeness (QED) is 0.415. The number of ether oxygens (including phenoxy) is 1. The number of piperazine rings is 1. The van der Waals surface area contributed by atoms with Crippen molar-refractivity contribution in [3.63, 3.8) is 0 Å². The third-order valence-corrected chi connectivity index (χ3v) is 5.29. The highest BCUT2D eigenvalue weighted by atomic mass is 35.5. The molecule has 1 aliphatic rings. The molecule has 1 N–H and O–H groups in total. The van der Waals surface area contributed by atoms with Crippen LogP contribution in [0.2, 0.25) is 5.02 Å². The van der Waals surface area contributed by atoms with E-state index >= 15 is 0 Å². The van der Waals surface area contributed by atoms with Gasteiger partial charge in [-0.15, -0.1) is 24.8 Å². The van der Waals surface area contributed by atoms with E-state index in [-0.39, 0.29) is 37.5 Å². The summed E-state index contributed by atoms with van der Waals surface area (Å²) in [6.45, 7) is 4.85. The van der Waals surface area contributed by atoms with Gasteiger partial charge in [0.25, 0.3) is 0 Å². The second kappa shape index (κ2) is 14.5. The van der Waals surface area contributed by atoms with Crippen LogP contribution in [-0.2, 0) is 9.53 Å². The lowest BCUT2D eigenvalue weighted by Crippen LogP contribution is -2.47. The molecule has 0 radical (unpaired) electrons. The second-order valence-electron chi connectivity index (χ2n) is 7.08. The molecule has 1 fully saturated rings. The first-order valence-corrected chi connectivity index (χ1v) is 10.2. The van der Waals surface area contributed by atoms with Gasteiger partial charge in [0.2, 0.25) is 0 Å². The molecule has 0 spiro atoms. The topological polar surface area (TPSA) is 53.0 Å². The molecule has 0 aliphatic carbocycles. The average Bonchev–Trinajstić information content (AvgIpc) is 2.74. The maximum Gasteiger partial charge on any atom is 0.329 e. The SMILES string of the molecule is Cl.Cl.O=C(O)COC/C=C\CN1CCN(C(c2ccccc2)c2ccc(Cl)cc2)CC1. The minimum atomic E-state index is -0.942. The summed E-state index contributed by atoms with van der Waals surface area (Å²) in [6.07, 6.45) is 3.93. The number of benzene rings is 2. The number of carbonyl (C=O) groups is 1. The second-order valence-corrected chi connectivity index (χ2v) is 7.52. The number of hydrogen-bond donors (Lipinski definition) is 1. The molecule has 0 saturated carbocycles. The van der Waals surface area contributed by atoms with Crippen LogP contribution in [0.5, 0.6) is 0 Å². The molecule has 170 valence electrons. The molecule has 31 heavy (non-hydrogen) atoms. The molecule has 1 atom stereocenters. The first-order valence-electron chi connectivity index (χ1n) is 9.85. The zero-order chi connectivity index (χ0) is 20.5. The molecule has 2 aromatic carbocycles. The van der Waals surface area contributed by atoms with E-state index in [0.29, 0.717) is 6.61 Å². The molecule has 1 aliphatic heterocycles. The highest BCUT2D eigenvalue weighted by Gasteiger charge is 2.25. The molecule has 3 rings (SSSR count). The first kappa shape index (κ1) is 27.4. The van der Waals surface area contributed by atoms with Gasteiger partial charge in [0, 0.05) is 37.7 Å². The molecular weight excluding hydrogens is 459 g/mol. The van der Waals surface area contributed by atoms with Crippen LogP contribution in [0.15, 0.2) is 66.7 Å². The van der Waals surface area contributed by atoms with Crippen molar-refractivity contribution < 1.29 is 14.6 Å². The normalized spacial score (nSPS) is 15.8. The van der Waals surface area contributed by atoms with Gasteiger partial charge in [0.15, 0.2) is 0 Å². The maximum atomic E-state index is 10.4. The fraction of sp³-hybridized carbons (Fsp3) is 0.348. The molecule has 1 saturated heterocycles. The summed E-state index contributed by atoms with van der Waals surface area (Å²) in [5, 5.41) is 9.31. The average molecular weight is 488 g/mol. The van der Waals surface area contributed by atoms with E-state index in [2.05, 4.69) is 46.2 Å². The van der Waals surface area contributed by atoms with E-state index in [9.17, 15) is 4.79 Å². The Hall–Kier alpha value is -1.60. The number of rotatable bonds is 9. The van der Waals surface area contributed by atoms with Crippen molar-refractivity contribution in [2.24, 2.45) is 0 Å². The number of halogens is 3. The van der Waals surface area contributed by atoms with Gasteiger partial charge in [-0.1, -0.05) is 66.2 Å². The van der Waals surface area contributed by atoms with Crippen molar-refractivity contribution in [1.82, 2.24) is 9.80 Å². The number of carboxylic acids is 1. The van der Waals surface area contributed by atoms with Crippen molar-refractivity contribution in [2.75, 3.05) is 45.9 Å². The first-order chi connectivity index (χ1) is 14.1. The van der Waals surface area contributed by atoms with Crippen LogP contribution in [0.4, 0.5) is 0 Å². The highest BCUT2D eigenvalue weighted by Crippen LogP contribution is 2.30. The number of hydrogen-bond acceptors (Lipinski definition) is 4. The lowest BCUT2D eigenvalue weighted by atomic mass is 9.96. The van der Waals surface area contributed by atoms with Gasteiger partial charge in [-0.05, 0) is 23.3 Å². The summed E-state index contributed by atoms with van der Waals surface area (Å²) in [4.78, 5) is 15.3. The Morgan fingerprint density at radius 2 is 1.58 bits per heavy atom. The highest BCUT2D eigenvalue weighted by molar-refractivity contribution is 6.30. The van der Waals surface area contributed by atoms with Crippen LogP contribution in [0, 0.1) is 0 Å². The summed E-state index contributed by atoms with van der Waals surface area (Å²) >= 11 is 6.10. The van der Waals surface area contributed by atoms with Crippen LogP contribution >= 0.6 is 36.4 Å². The van der Waals surface area contributed by atoms with Gasteiger partial charge in [0.05, 0.1) is 12.6 Å². The third kappa shape index (κ3) is 8.81. The molecule has 1 heterocycles. The maximum absolute atomic E-state index is 10.4. The zero-order valence-corrected chi connectivity index (χ0v) is 19.6. The fourth-order valence-corrected chi connectivity index (χ4v) is 3.73. The summed E-state index contributed by atoms with van der Waals surface area (Å²) in [7, 11) is 0. The summed E-state index contributed by atoms with van der Waals surface area (Å²) in [5.41, 5.74) is 2.54. The van der Waals surface area contributed by atoms with Gasteiger partial charge < -0.3 is 9.84 Å². The Labute approximate surface area is 201 Å². The third-order valence-electron chi connectivity index (χ3n) is 5.04. The largest absolute Gasteiger partial charge is 0.480 e. The predicted molar refractivity (Wildman–Crippen MR) is 130 cm³/mol. The Morgan fingerprint density at radius 3 is 2.19 bits per heavy atom. The van der Waals surface area contributed by atoms with Crippen LogP contribution < -0.4 is 0 Å². The molecule has 5 nitrogen and oxygen atoms in total. The van der Waals surface area contributed by atoms with E-state index < -0.39 is 5.97 Å². The monoisotopic (exact) mass is 486 g/mol. The summed E-state index contributed by atoms with van der Waals surface area (Å²) in [5.74, 6) is -0.942. The zero-order valence-electron chi connectivity index (χ0n) is 17.2. The van der Waals surface area contributed by atoms with Crippen molar-refractivity contribution >= 4 is 42.4 Å². The molecule has 1 unspecified atom stereocenters. The molecule has 0 amide bonds. The van der Waals surface area contributed by atoms with Gasteiger partial charge in [0.1, 0.15) is 6.61 Å². The molecule has 8 heteroatoms. The van der Waals surface area contributed by atoms with E-state index in [1.807, 2.05) is 30.4 Å². The van der Waals surface area contributed by atoms with Gasteiger partial charge in [-0.25, -0.2) is 4.79 Å². The Bertz CT molecular complexity index is 795. The lowest BCUT2D eigenvalue weighted by Gasteiger charge is -2.39. The number of carboxylic acid groups (broad SMARTS) is 1. The predicted octanol–water partition coefficient (Wildman–Crippen LogP) is 4.55. The van der Waals surface area contributed by atoms with Gasteiger partial charge in [-0.2, -0.15) is 0 Å². The van der Waals surface area contributed by atoms with Crippen molar-refractivity contribution in [2.45, 2.75) is 6.04 Å². The van der Waals surface area contributed by atoms with Crippen molar-refractivity contribution in [3.05, 3.63) is 82.9 Å². The molecule has 2 aromatic rings. The summed E-state index contributed by atoms with van der Waals surface area (Å²) in [6, 6.07) is 19.0. The molecule has 0 bridgehead atoms. The molecular formula is C23H29Cl3N2O3. The van der Waals surface area contributed by atoms with E-state index in [1.165, 1.54) is 11.1 Å².